The van der Waals surface area contributed by atoms with Crippen LogP contribution in [0.1, 0.15) is 30.6 Å². The molecule has 2 N–H and O–H groups in total. The Kier molecular flexibility index (Phi) is 3.99. The molecule has 0 radical (unpaired) electrons. The predicted octanol–water partition coefficient (Wildman–Crippen LogP) is 1.44. The number of pyridine rings is 1. The number of carbonyl (C=O) groups excluding carboxylic acids is 1. The zero-order valence-electron chi connectivity index (χ0n) is 11.1. The average molecular weight is 267 g/mol. The van der Waals surface area contributed by atoms with Gasteiger partial charge in [-0.25, -0.2) is 9.37 Å². The minimum absolute atomic E-state index is 0.00799. The number of nitrogens with two attached hydrogens (primary N) is 1. The van der Waals surface area contributed by atoms with E-state index in [-0.39, 0.29) is 29.4 Å². The molecule has 1 aromatic heterocycles. The second kappa shape index (κ2) is 5.52. The minimum atomic E-state index is -0.563. The quantitative estimate of drug-likeness (QED) is 0.880. The predicted molar refractivity (Wildman–Crippen MR) is 69.1 cm³/mol. The molecule has 19 heavy (non-hydrogen) atoms. The summed E-state index contributed by atoms with van der Waals surface area (Å²) in [6.45, 7) is 4.86. The van der Waals surface area contributed by atoms with Crippen LogP contribution < -0.4 is 5.73 Å². The fraction of sp³-hybridized carbons (Fsp3) is 0.538. The lowest BCUT2D eigenvalue weighted by atomic mass is 10.1. The summed E-state index contributed by atoms with van der Waals surface area (Å²) in [5.41, 5.74) is 5.78. The lowest BCUT2D eigenvalue weighted by Gasteiger charge is -2.38. The van der Waals surface area contributed by atoms with Crippen molar-refractivity contribution in [1.29, 1.82) is 0 Å². The molecule has 0 spiro atoms. The van der Waals surface area contributed by atoms with E-state index in [1.807, 2.05) is 13.8 Å². The minimum Gasteiger partial charge on any atom is -0.383 e. The van der Waals surface area contributed by atoms with Crippen LogP contribution >= 0.6 is 0 Å². The van der Waals surface area contributed by atoms with E-state index < -0.39 is 5.82 Å². The van der Waals surface area contributed by atoms with Gasteiger partial charge in [0, 0.05) is 6.54 Å². The summed E-state index contributed by atoms with van der Waals surface area (Å²) in [5, 5.41) is 0. The van der Waals surface area contributed by atoms with Crippen LogP contribution in [0.25, 0.3) is 0 Å². The second-order valence-electron chi connectivity index (χ2n) is 4.75. The van der Waals surface area contributed by atoms with Crippen LogP contribution in [0, 0.1) is 5.82 Å². The highest BCUT2D eigenvalue weighted by atomic mass is 19.1. The molecule has 104 valence electrons. The van der Waals surface area contributed by atoms with E-state index in [0.717, 1.165) is 18.7 Å². The van der Waals surface area contributed by atoms with Crippen molar-refractivity contribution in [2.45, 2.75) is 32.4 Å². The first-order valence-corrected chi connectivity index (χ1v) is 6.36. The van der Waals surface area contributed by atoms with Crippen LogP contribution in [0.15, 0.2) is 12.3 Å². The highest BCUT2D eigenvalue weighted by Gasteiger charge is 2.31. The highest BCUT2D eigenvalue weighted by molar-refractivity contribution is 5.98. The molecule has 2 unspecified atom stereocenters. The number of nitrogens with zero attached hydrogens (tertiary/aromatic N) is 2. The molecular formula is C13H18FN3O2. The number of aromatic nitrogens is 1. The number of hydrogen-bond acceptors (Lipinski definition) is 4. The Bertz CT molecular complexity index is 481. The van der Waals surface area contributed by atoms with Crippen LogP contribution in [-0.2, 0) is 4.74 Å². The topological polar surface area (TPSA) is 68.5 Å². The smallest absolute Gasteiger partial charge is 0.258 e. The fourth-order valence-corrected chi connectivity index (χ4v) is 2.21. The number of anilines is 1. The first-order valence-electron chi connectivity index (χ1n) is 6.36. The third-order valence-electron chi connectivity index (χ3n) is 3.32. The van der Waals surface area contributed by atoms with Gasteiger partial charge in [0.2, 0.25) is 0 Å². The first-order chi connectivity index (χ1) is 9.02. The van der Waals surface area contributed by atoms with Crippen LogP contribution in [0.5, 0.6) is 0 Å². The van der Waals surface area contributed by atoms with Crippen molar-refractivity contribution < 1.29 is 13.9 Å². The Morgan fingerprint density at radius 1 is 1.68 bits per heavy atom. The SMILES string of the molecule is CCC1COC(C)CN1C(=O)c1cc(F)cnc1N. The Morgan fingerprint density at radius 3 is 3.11 bits per heavy atom. The molecule has 1 aliphatic rings. The van der Waals surface area contributed by atoms with Crippen LogP contribution in [0.2, 0.25) is 0 Å². The molecule has 0 aromatic carbocycles. The average Bonchev–Trinajstić information content (AvgIpc) is 2.40. The van der Waals surface area contributed by atoms with E-state index in [0.29, 0.717) is 13.2 Å². The Balaban J connectivity index is 2.28. The summed E-state index contributed by atoms with van der Waals surface area (Å²) in [6, 6.07) is 1.13. The van der Waals surface area contributed by atoms with Gasteiger partial charge >= 0.3 is 0 Å². The van der Waals surface area contributed by atoms with E-state index in [1.165, 1.54) is 0 Å². The Morgan fingerprint density at radius 2 is 2.42 bits per heavy atom. The molecule has 5 nitrogen and oxygen atoms in total. The van der Waals surface area contributed by atoms with Gasteiger partial charge in [-0.15, -0.1) is 0 Å². The number of hydrogen-bond donors (Lipinski definition) is 1. The van der Waals surface area contributed by atoms with Gasteiger partial charge in [0.1, 0.15) is 11.6 Å². The third-order valence-corrected chi connectivity index (χ3v) is 3.32. The van der Waals surface area contributed by atoms with Gasteiger partial charge in [0.15, 0.2) is 0 Å². The fourth-order valence-electron chi connectivity index (χ4n) is 2.21. The van der Waals surface area contributed by atoms with Gasteiger partial charge in [-0.1, -0.05) is 6.92 Å². The van der Waals surface area contributed by atoms with Crippen molar-refractivity contribution in [3.63, 3.8) is 0 Å². The Labute approximate surface area is 111 Å². The van der Waals surface area contributed by atoms with E-state index >= 15 is 0 Å². The molecule has 0 aliphatic carbocycles. The van der Waals surface area contributed by atoms with E-state index in [9.17, 15) is 9.18 Å². The summed E-state index contributed by atoms with van der Waals surface area (Å²) >= 11 is 0. The molecule has 1 aromatic rings. The lowest BCUT2D eigenvalue weighted by molar-refractivity contribution is -0.0443. The van der Waals surface area contributed by atoms with E-state index in [4.69, 9.17) is 10.5 Å². The van der Waals surface area contributed by atoms with Crippen molar-refractivity contribution in [2.75, 3.05) is 18.9 Å². The lowest BCUT2D eigenvalue weighted by Crippen LogP contribution is -2.51. The van der Waals surface area contributed by atoms with Crippen molar-refractivity contribution in [3.8, 4) is 0 Å². The monoisotopic (exact) mass is 267 g/mol. The normalized spacial score (nSPS) is 23.4. The van der Waals surface area contributed by atoms with Gasteiger partial charge in [-0.3, -0.25) is 4.79 Å². The molecule has 1 aliphatic heterocycles. The van der Waals surface area contributed by atoms with Gasteiger partial charge in [0.25, 0.3) is 5.91 Å². The molecule has 6 heteroatoms. The molecule has 1 saturated heterocycles. The van der Waals surface area contributed by atoms with Crippen molar-refractivity contribution in [3.05, 3.63) is 23.6 Å². The van der Waals surface area contributed by atoms with Gasteiger partial charge in [-0.05, 0) is 19.4 Å². The standard InChI is InChI=1S/C13H18FN3O2/c1-3-10-7-19-8(2)6-17(10)13(18)11-4-9(14)5-16-12(11)15/h4-5,8,10H,3,6-7H2,1-2H3,(H2,15,16). The zero-order valence-corrected chi connectivity index (χ0v) is 11.1. The number of morpholine rings is 1. The van der Waals surface area contributed by atoms with E-state index in [1.54, 1.807) is 4.90 Å². The first kappa shape index (κ1) is 13.7. The maximum atomic E-state index is 13.2. The molecule has 2 heterocycles. The molecule has 1 fully saturated rings. The number of halogens is 1. The molecule has 2 atom stereocenters. The number of carbonyl (C=O) groups is 1. The molecular weight excluding hydrogens is 249 g/mol. The maximum Gasteiger partial charge on any atom is 0.258 e. The van der Waals surface area contributed by atoms with Crippen LogP contribution in [0.4, 0.5) is 10.2 Å². The molecule has 0 saturated carbocycles. The molecule has 1 amide bonds. The number of amides is 1. The van der Waals surface area contributed by atoms with Gasteiger partial charge in [0.05, 0.1) is 30.5 Å². The van der Waals surface area contributed by atoms with Crippen LogP contribution in [0.3, 0.4) is 0 Å². The van der Waals surface area contributed by atoms with Gasteiger partial charge < -0.3 is 15.4 Å². The second-order valence-corrected chi connectivity index (χ2v) is 4.75. The Hall–Kier alpha value is -1.69. The third kappa shape index (κ3) is 2.84. The maximum absolute atomic E-state index is 13.2. The van der Waals surface area contributed by atoms with Crippen LogP contribution in [-0.4, -0.2) is 41.1 Å². The summed E-state index contributed by atoms with van der Waals surface area (Å²) < 4.78 is 18.8. The molecule has 0 bridgehead atoms. The van der Waals surface area contributed by atoms with E-state index in [2.05, 4.69) is 4.98 Å². The van der Waals surface area contributed by atoms with Gasteiger partial charge in [-0.2, -0.15) is 0 Å². The van der Waals surface area contributed by atoms with Crippen molar-refractivity contribution in [1.82, 2.24) is 9.88 Å². The number of rotatable bonds is 2. The number of nitrogen functional groups attached to an aromatic ring is 1. The van der Waals surface area contributed by atoms with Crippen molar-refractivity contribution >= 4 is 11.7 Å². The number of ether oxygens (including phenoxy) is 1. The van der Waals surface area contributed by atoms with Crippen molar-refractivity contribution in [2.24, 2.45) is 0 Å². The summed E-state index contributed by atoms with van der Waals surface area (Å²) in [4.78, 5) is 17.9. The summed E-state index contributed by atoms with van der Waals surface area (Å²) in [6.07, 6.45) is 1.75. The highest BCUT2D eigenvalue weighted by Crippen LogP contribution is 2.20. The summed E-state index contributed by atoms with van der Waals surface area (Å²) in [7, 11) is 0. The summed E-state index contributed by atoms with van der Waals surface area (Å²) in [5.74, 6) is -0.793. The largest absolute Gasteiger partial charge is 0.383 e. The zero-order chi connectivity index (χ0) is 14.0. The molecule has 2 rings (SSSR count).